The Labute approximate surface area is 125 Å². The van der Waals surface area contributed by atoms with Crippen LogP contribution in [0.2, 0.25) is 5.02 Å². The molecule has 2 heterocycles. The van der Waals surface area contributed by atoms with Crippen molar-refractivity contribution in [2.24, 2.45) is 0 Å². The number of anilines is 2. The zero-order valence-corrected chi connectivity index (χ0v) is 11.5. The minimum Gasteiger partial charge on any atom is -0.476 e. The van der Waals surface area contributed by atoms with E-state index in [1.54, 1.807) is 18.5 Å². The second kappa shape index (κ2) is 5.38. The lowest BCUT2D eigenvalue weighted by Crippen LogP contribution is -2.04. The lowest BCUT2D eigenvalue weighted by molar-refractivity contribution is 0.0691. The number of pyridine rings is 2. The summed E-state index contributed by atoms with van der Waals surface area (Å²) in [4.78, 5) is 19.2. The van der Waals surface area contributed by atoms with E-state index in [1.165, 1.54) is 6.07 Å². The highest BCUT2D eigenvalue weighted by Crippen LogP contribution is 2.26. The van der Waals surface area contributed by atoms with Crippen molar-refractivity contribution < 1.29 is 9.90 Å². The van der Waals surface area contributed by atoms with E-state index < -0.39 is 5.97 Å². The molecule has 0 saturated heterocycles. The zero-order chi connectivity index (χ0) is 14.8. The van der Waals surface area contributed by atoms with Crippen LogP contribution in [0.1, 0.15) is 10.5 Å². The summed E-state index contributed by atoms with van der Waals surface area (Å²) in [7, 11) is 0. The molecule has 0 spiro atoms. The van der Waals surface area contributed by atoms with Gasteiger partial charge in [0, 0.05) is 23.5 Å². The maximum atomic E-state index is 11.1. The molecule has 0 aliphatic rings. The van der Waals surface area contributed by atoms with E-state index >= 15 is 0 Å². The number of nitrogens with one attached hydrogen (secondary N) is 1. The zero-order valence-electron chi connectivity index (χ0n) is 10.7. The topological polar surface area (TPSA) is 75.1 Å². The van der Waals surface area contributed by atoms with Gasteiger partial charge in [-0.1, -0.05) is 23.7 Å². The van der Waals surface area contributed by atoms with Gasteiger partial charge >= 0.3 is 5.97 Å². The molecule has 2 aromatic heterocycles. The van der Waals surface area contributed by atoms with Crippen LogP contribution in [0, 0.1) is 0 Å². The van der Waals surface area contributed by atoms with Crippen LogP contribution >= 0.6 is 11.6 Å². The van der Waals surface area contributed by atoms with E-state index in [0.29, 0.717) is 5.82 Å². The molecule has 3 aromatic rings. The highest BCUT2D eigenvalue weighted by Gasteiger charge is 2.12. The van der Waals surface area contributed by atoms with Gasteiger partial charge in [-0.05, 0) is 29.7 Å². The Kier molecular flexibility index (Phi) is 3.41. The molecule has 5 nitrogen and oxygen atoms in total. The van der Waals surface area contributed by atoms with Gasteiger partial charge in [0.2, 0.25) is 0 Å². The third kappa shape index (κ3) is 2.64. The summed E-state index contributed by atoms with van der Waals surface area (Å²) in [5.41, 5.74) is 0.617. The first-order chi connectivity index (χ1) is 10.1. The fourth-order valence-electron chi connectivity index (χ4n) is 2.02. The molecule has 0 atom stereocenters. The molecule has 0 unspecified atom stereocenters. The van der Waals surface area contributed by atoms with Gasteiger partial charge in [-0.15, -0.1) is 0 Å². The van der Waals surface area contributed by atoms with Crippen molar-refractivity contribution in [3.05, 3.63) is 59.5 Å². The summed E-state index contributed by atoms with van der Waals surface area (Å²) in [5.74, 6) is -0.753. The van der Waals surface area contributed by atoms with Crippen LogP contribution in [0.4, 0.5) is 11.5 Å². The summed E-state index contributed by atoms with van der Waals surface area (Å²) in [6.45, 7) is 0. The van der Waals surface area contributed by atoms with E-state index in [1.807, 2.05) is 24.3 Å². The molecule has 0 bridgehead atoms. The van der Waals surface area contributed by atoms with Gasteiger partial charge in [-0.2, -0.15) is 0 Å². The molecule has 104 valence electrons. The van der Waals surface area contributed by atoms with Crippen LogP contribution in [0.5, 0.6) is 0 Å². The van der Waals surface area contributed by atoms with Gasteiger partial charge in [-0.3, -0.25) is 4.98 Å². The molecule has 0 aliphatic heterocycles. The summed E-state index contributed by atoms with van der Waals surface area (Å²) >= 11 is 5.81. The predicted molar refractivity (Wildman–Crippen MR) is 81.2 cm³/mol. The Hall–Kier alpha value is -2.66. The van der Waals surface area contributed by atoms with E-state index in [0.717, 1.165) is 16.5 Å². The molecule has 0 aliphatic carbocycles. The summed E-state index contributed by atoms with van der Waals surface area (Å²) in [6, 6.07) is 10.8. The number of aromatic carboxylic acids is 1. The normalized spacial score (nSPS) is 10.5. The van der Waals surface area contributed by atoms with Crippen molar-refractivity contribution in [2.45, 2.75) is 0 Å². The van der Waals surface area contributed by atoms with E-state index in [2.05, 4.69) is 15.3 Å². The number of benzene rings is 1. The molecule has 0 saturated carbocycles. The molecular weight excluding hydrogens is 290 g/mol. The van der Waals surface area contributed by atoms with Crippen molar-refractivity contribution in [2.75, 3.05) is 5.32 Å². The summed E-state index contributed by atoms with van der Waals surface area (Å²) in [6.07, 6.45) is 3.46. The number of halogens is 1. The number of aromatic nitrogens is 2. The first-order valence-electron chi connectivity index (χ1n) is 6.15. The molecule has 1 aromatic carbocycles. The van der Waals surface area contributed by atoms with Crippen molar-refractivity contribution in [1.82, 2.24) is 9.97 Å². The monoisotopic (exact) mass is 299 g/mol. The molecular formula is C15H10ClN3O2. The van der Waals surface area contributed by atoms with Crippen LogP contribution in [0.15, 0.2) is 48.8 Å². The number of carboxylic acid groups (broad SMARTS) is 1. The van der Waals surface area contributed by atoms with Gasteiger partial charge in [0.05, 0.1) is 5.02 Å². The average Bonchev–Trinajstić information content (AvgIpc) is 2.49. The number of fused-ring (bicyclic) bond motifs is 1. The second-order valence-corrected chi connectivity index (χ2v) is 4.77. The maximum absolute atomic E-state index is 11.1. The SMILES string of the molecule is O=C(O)c1nc(Nc2cccc3ccncc23)ccc1Cl. The predicted octanol–water partition coefficient (Wildman–Crippen LogP) is 3.73. The third-order valence-electron chi connectivity index (χ3n) is 2.99. The lowest BCUT2D eigenvalue weighted by Gasteiger charge is -2.09. The molecule has 0 amide bonds. The lowest BCUT2D eigenvalue weighted by atomic mass is 10.1. The van der Waals surface area contributed by atoms with Crippen LogP contribution < -0.4 is 5.32 Å². The Morgan fingerprint density at radius 1 is 1.19 bits per heavy atom. The number of hydrogen-bond donors (Lipinski definition) is 2. The van der Waals surface area contributed by atoms with Gasteiger partial charge in [-0.25, -0.2) is 9.78 Å². The number of nitrogens with zero attached hydrogens (tertiary/aromatic N) is 2. The van der Waals surface area contributed by atoms with Crippen LogP contribution in [-0.2, 0) is 0 Å². The van der Waals surface area contributed by atoms with Crippen molar-refractivity contribution >= 4 is 39.8 Å². The Morgan fingerprint density at radius 2 is 2.05 bits per heavy atom. The van der Waals surface area contributed by atoms with Gasteiger partial charge in [0.1, 0.15) is 5.82 Å². The Balaban J connectivity index is 2.03. The maximum Gasteiger partial charge on any atom is 0.356 e. The molecule has 2 N–H and O–H groups in total. The average molecular weight is 300 g/mol. The largest absolute Gasteiger partial charge is 0.476 e. The fourth-order valence-corrected chi connectivity index (χ4v) is 2.21. The van der Waals surface area contributed by atoms with Crippen molar-refractivity contribution in [3.63, 3.8) is 0 Å². The van der Waals surface area contributed by atoms with E-state index in [4.69, 9.17) is 16.7 Å². The van der Waals surface area contributed by atoms with Crippen LogP contribution in [0.3, 0.4) is 0 Å². The fraction of sp³-hybridized carbons (Fsp3) is 0. The van der Waals surface area contributed by atoms with Gasteiger partial charge in [0.25, 0.3) is 0 Å². The van der Waals surface area contributed by atoms with E-state index in [-0.39, 0.29) is 10.7 Å². The number of hydrogen-bond acceptors (Lipinski definition) is 4. The molecule has 0 radical (unpaired) electrons. The first-order valence-corrected chi connectivity index (χ1v) is 6.52. The van der Waals surface area contributed by atoms with Gasteiger partial charge in [0.15, 0.2) is 5.69 Å². The standard InChI is InChI=1S/C15H10ClN3O2/c16-11-4-5-13(19-14(11)15(20)21)18-12-3-1-2-9-6-7-17-8-10(9)12/h1-8H,(H,18,19)(H,20,21). The molecule has 21 heavy (non-hydrogen) atoms. The molecule has 0 fully saturated rings. The third-order valence-corrected chi connectivity index (χ3v) is 3.30. The minimum absolute atomic E-state index is 0.104. The quantitative estimate of drug-likeness (QED) is 0.771. The van der Waals surface area contributed by atoms with Crippen LogP contribution in [-0.4, -0.2) is 21.0 Å². The van der Waals surface area contributed by atoms with Crippen molar-refractivity contribution in [3.8, 4) is 0 Å². The number of carbonyl (C=O) groups is 1. The Bertz CT molecular complexity index is 831. The molecule has 6 heteroatoms. The Morgan fingerprint density at radius 3 is 2.86 bits per heavy atom. The second-order valence-electron chi connectivity index (χ2n) is 4.36. The minimum atomic E-state index is -1.16. The highest BCUT2D eigenvalue weighted by atomic mass is 35.5. The first kappa shape index (κ1) is 13.3. The van der Waals surface area contributed by atoms with E-state index in [9.17, 15) is 4.79 Å². The summed E-state index contributed by atoms with van der Waals surface area (Å²) in [5, 5.41) is 14.2. The number of carboxylic acids is 1. The smallest absolute Gasteiger partial charge is 0.356 e. The summed E-state index contributed by atoms with van der Waals surface area (Å²) < 4.78 is 0. The number of rotatable bonds is 3. The highest BCUT2D eigenvalue weighted by molar-refractivity contribution is 6.33. The van der Waals surface area contributed by atoms with Crippen molar-refractivity contribution in [1.29, 1.82) is 0 Å². The van der Waals surface area contributed by atoms with Gasteiger partial charge < -0.3 is 10.4 Å². The van der Waals surface area contributed by atoms with Crippen LogP contribution in [0.25, 0.3) is 10.8 Å². The molecule has 3 rings (SSSR count).